The largest absolute Gasteiger partial charge is 0.132 e. The zero-order valence-corrected chi connectivity index (χ0v) is 15.5. The van der Waals surface area contributed by atoms with Crippen molar-refractivity contribution < 1.29 is 0 Å². The van der Waals surface area contributed by atoms with Gasteiger partial charge in [-0.05, 0) is 54.4 Å². The second-order valence-electron chi connectivity index (χ2n) is 6.73. The molecule has 1 heteroatoms. The number of benzene rings is 4. The summed E-state index contributed by atoms with van der Waals surface area (Å²) in [6.07, 6.45) is 0. The van der Waals surface area contributed by atoms with Crippen LogP contribution < -0.4 is 0 Å². The summed E-state index contributed by atoms with van der Waals surface area (Å²) in [5.41, 5.74) is 4.09. The lowest BCUT2D eigenvalue weighted by Crippen LogP contribution is -2.01. The van der Waals surface area contributed by atoms with E-state index in [1.54, 1.807) is 0 Å². The summed E-state index contributed by atoms with van der Waals surface area (Å²) in [7, 11) is -1.45. The standard InChI is InChI=1S/C25H20S/c1-19-16-17-25-23(18-19)22-14-8-9-15-24(22)26(25,20-10-4-2-5-11-20)21-12-6-3-7-13-21/h2-18H,1H3. The summed E-state index contributed by atoms with van der Waals surface area (Å²) in [6.45, 7) is 2.18. The molecule has 126 valence electrons. The Morgan fingerprint density at radius 2 is 1.04 bits per heavy atom. The number of aryl methyl sites for hydroxylation is 1. The molecule has 0 radical (unpaired) electrons. The molecule has 0 saturated heterocycles. The number of hydrogen-bond donors (Lipinski definition) is 0. The molecule has 0 unspecified atom stereocenters. The molecule has 1 aliphatic rings. The van der Waals surface area contributed by atoms with Crippen LogP contribution in [0.3, 0.4) is 0 Å². The average molecular weight is 353 g/mol. The highest BCUT2D eigenvalue weighted by molar-refractivity contribution is 8.34. The van der Waals surface area contributed by atoms with Gasteiger partial charge in [-0.25, -0.2) is 0 Å². The fraction of sp³-hybridized carbons (Fsp3) is 0.0400. The predicted octanol–water partition coefficient (Wildman–Crippen LogP) is 7.32. The minimum Gasteiger partial charge on any atom is -0.132 e. The highest BCUT2D eigenvalue weighted by atomic mass is 32.3. The Morgan fingerprint density at radius 1 is 0.500 bits per heavy atom. The van der Waals surface area contributed by atoms with Crippen molar-refractivity contribution in [3.8, 4) is 11.1 Å². The second-order valence-corrected chi connectivity index (χ2v) is 9.78. The molecule has 0 spiro atoms. The van der Waals surface area contributed by atoms with Crippen LogP contribution in [0.1, 0.15) is 5.56 Å². The Labute approximate surface area is 156 Å². The third-order valence-electron chi connectivity index (χ3n) is 5.17. The van der Waals surface area contributed by atoms with Gasteiger partial charge in [-0.2, -0.15) is 0 Å². The number of rotatable bonds is 2. The molecule has 26 heavy (non-hydrogen) atoms. The van der Waals surface area contributed by atoms with Crippen molar-refractivity contribution >= 4 is 10.0 Å². The average Bonchev–Trinajstić information content (AvgIpc) is 3.00. The van der Waals surface area contributed by atoms with Crippen molar-refractivity contribution in [2.24, 2.45) is 0 Å². The third kappa shape index (κ3) is 2.04. The van der Waals surface area contributed by atoms with Gasteiger partial charge in [0.15, 0.2) is 0 Å². The Morgan fingerprint density at radius 3 is 1.69 bits per heavy atom. The highest BCUT2D eigenvalue weighted by Crippen LogP contribution is 2.79. The van der Waals surface area contributed by atoms with E-state index in [9.17, 15) is 0 Å². The minimum absolute atomic E-state index is 1.31. The molecule has 0 nitrogen and oxygen atoms in total. The van der Waals surface area contributed by atoms with Gasteiger partial charge in [-0.1, -0.05) is 72.3 Å². The first-order valence-corrected chi connectivity index (χ1v) is 10.6. The molecule has 0 saturated carbocycles. The number of fused-ring (bicyclic) bond motifs is 3. The van der Waals surface area contributed by atoms with E-state index in [2.05, 4.69) is 110 Å². The molecule has 0 bridgehead atoms. The van der Waals surface area contributed by atoms with Gasteiger partial charge in [0, 0.05) is 19.6 Å². The SMILES string of the molecule is Cc1ccc2c(c1)-c1ccccc1S2(c1ccccc1)c1ccccc1. The van der Waals surface area contributed by atoms with Gasteiger partial charge in [0.2, 0.25) is 0 Å². The molecule has 4 aromatic rings. The van der Waals surface area contributed by atoms with Crippen molar-refractivity contribution in [2.45, 2.75) is 26.5 Å². The van der Waals surface area contributed by atoms with Crippen molar-refractivity contribution in [3.63, 3.8) is 0 Å². The Kier molecular flexibility index (Phi) is 3.51. The van der Waals surface area contributed by atoms with E-state index < -0.39 is 10.0 Å². The second kappa shape index (κ2) is 5.89. The molecule has 0 N–H and O–H groups in total. The number of hydrogen-bond acceptors (Lipinski definition) is 0. The molecular weight excluding hydrogens is 332 g/mol. The molecule has 5 rings (SSSR count). The summed E-state index contributed by atoms with van der Waals surface area (Å²) < 4.78 is 0. The maximum absolute atomic E-state index is 2.36. The smallest absolute Gasteiger partial charge is 0.0102 e. The van der Waals surface area contributed by atoms with Crippen LogP contribution in [-0.2, 0) is 0 Å². The van der Waals surface area contributed by atoms with Gasteiger partial charge in [-0.3, -0.25) is 0 Å². The molecule has 4 aromatic carbocycles. The van der Waals surface area contributed by atoms with Gasteiger partial charge in [0.1, 0.15) is 0 Å². The van der Waals surface area contributed by atoms with Crippen molar-refractivity contribution in [3.05, 3.63) is 109 Å². The van der Waals surface area contributed by atoms with Crippen LogP contribution >= 0.6 is 10.0 Å². The fourth-order valence-corrected chi connectivity index (χ4v) is 8.31. The molecule has 0 aliphatic carbocycles. The maximum Gasteiger partial charge on any atom is 0.0102 e. The monoisotopic (exact) mass is 352 g/mol. The van der Waals surface area contributed by atoms with Crippen LogP contribution in [0.2, 0.25) is 0 Å². The normalized spacial score (nSPS) is 15.1. The van der Waals surface area contributed by atoms with E-state index in [1.807, 2.05) is 0 Å². The lowest BCUT2D eigenvalue weighted by atomic mass is 10.0. The fourth-order valence-electron chi connectivity index (χ4n) is 4.09. The summed E-state index contributed by atoms with van der Waals surface area (Å²) in [4.78, 5) is 5.72. The molecule has 0 atom stereocenters. The first-order valence-electron chi connectivity index (χ1n) is 8.95. The lowest BCUT2D eigenvalue weighted by molar-refractivity contribution is 1.28. The van der Waals surface area contributed by atoms with Crippen LogP contribution in [0.25, 0.3) is 11.1 Å². The van der Waals surface area contributed by atoms with Gasteiger partial charge >= 0.3 is 0 Å². The van der Waals surface area contributed by atoms with Gasteiger partial charge in [0.05, 0.1) is 0 Å². The Bertz CT molecular complexity index is 1040. The Balaban J connectivity index is 1.98. The lowest BCUT2D eigenvalue weighted by Gasteiger charge is -2.39. The van der Waals surface area contributed by atoms with Gasteiger partial charge < -0.3 is 0 Å². The molecule has 0 fully saturated rings. The van der Waals surface area contributed by atoms with E-state index >= 15 is 0 Å². The summed E-state index contributed by atoms with van der Waals surface area (Å²) >= 11 is 0. The summed E-state index contributed by atoms with van der Waals surface area (Å²) in [6, 6.07) is 38.0. The molecule has 1 heterocycles. The maximum atomic E-state index is 2.36. The molecule has 0 amide bonds. The quantitative estimate of drug-likeness (QED) is 0.312. The van der Waals surface area contributed by atoms with Crippen molar-refractivity contribution in [1.82, 2.24) is 0 Å². The van der Waals surface area contributed by atoms with Crippen LogP contribution in [-0.4, -0.2) is 0 Å². The first-order chi connectivity index (χ1) is 12.8. The van der Waals surface area contributed by atoms with E-state index in [4.69, 9.17) is 0 Å². The third-order valence-corrected chi connectivity index (χ3v) is 9.16. The van der Waals surface area contributed by atoms with E-state index in [0.717, 1.165) is 0 Å². The van der Waals surface area contributed by atoms with Crippen LogP contribution in [0.4, 0.5) is 0 Å². The van der Waals surface area contributed by atoms with E-state index in [1.165, 1.54) is 36.3 Å². The van der Waals surface area contributed by atoms with Crippen LogP contribution in [0.5, 0.6) is 0 Å². The molecule has 1 aliphatic heterocycles. The van der Waals surface area contributed by atoms with E-state index in [0.29, 0.717) is 0 Å². The molecular formula is C25H20S. The van der Waals surface area contributed by atoms with Gasteiger partial charge in [-0.15, -0.1) is 10.0 Å². The zero-order chi connectivity index (χ0) is 17.6. The van der Waals surface area contributed by atoms with E-state index in [-0.39, 0.29) is 0 Å². The van der Waals surface area contributed by atoms with Crippen molar-refractivity contribution in [2.75, 3.05) is 0 Å². The van der Waals surface area contributed by atoms with Crippen LogP contribution in [0.15, 0.2) is 123 Å². The summed E-state index contributed by atoms with van der Waals surface area (Å²) in [5.74, 6) is 0. The van der Waals surface area contributed by atoms with Crippen LogP contribution in [0, 0.1) is 6.92 Å². The Hall–Kier alpha value is -2.77. The zero-order valence-electron chi connectivity index (χ0n) is 14.7. The minimum atomic E-state index is -1.45. The predicted molar refractivity (Wildman–Crippen MR) is 110 cm³/mol. The van der Waals surface area contributed by atoms with Crippen molar-refractivity contribution in [1.29, 1.82) is 0 Å². The summed E-state index contributed by atoms with van der Waals surface area (Å²) in [5, 5.41) is 0. The molecule has 0 aromatic heterocycles. The topological polar surface area (TPSA) is 0 Å². The van der Waals surface area contributed by atoms with Gasteiger partial charge in [0.25, 0.3) is 0 Å². The highest BCUT2D eigenvalue weighted by Gasteiger charge is 2.41. The first kappa shape index (κ1) is 15.5.